The minimum Gasteiger partial charge on any atom is -0.399 e. The summed E-state index contributed by atoms with van der Waals surface area (Å²) in [4.78, 5) is 12.1. The van der Waals surface area contributed by atoms with Crippen molar-refractivity contribution < 1.29 is 4.79 Å². The predicted molar refractivity (Wildman–Crippen MR) is 101 cm³/mol. The van der Waals surface area contributed by atoms with Gasteiger partial charge in [-0.15, -0.1) is 10.2 Å². The number of nitrogens with zero attached hydrogens (tertiary/aromatic N) is 3. The number of rotatable bonds is 5. The highest BCUT2D eigenvalue weighted by Gasteiger charge is 2.13. The van der Waals surface area contributed by atoms with Crippen LogP contribution in [0.25, 0.3) is 11.4 Å². The fourth-order valence-electron chi connectivity index (χ4n) is 2.29. The zero-order valence-electron chi connectivity index (χ0n) is 14.1. The van der Waals surface area contributed by atoms with Crippen LogP contribution in [0.5, 0.6) is 0 Å². The zero-order valence-corrected chi connectivity index (χ0v) is 14.9. The minimum absolute atomic E-state index is 0.0779. The van der Waals surface area contributed by atoms with Gasteiger partial charge in [-0.1, -0.05) is 29.5 Å². The SMILES string of the molecule is Cc1ccc(NC(=O)CSc2nnc(-c3ccc(N)cc3)n2C)cc1. The molecule has 0 spiro atoms. The van der Waals surface area contributed by atoms with E-state index < -0.39 is 0 Å². The first-order chi connectivity index (χ1) is 12.0. The largest absolute Gasteiger partial charge is 0.399 e. The third-order valence-corrected chi connectivity index (χ3v) is 4.69. The molecule has 2 aromatic carbocycles. The molecule has 3 rings (SSSR count). The van der Waals surface area contributed by atoms with Gasteiger partial charge < -0.3 is 15.6 Å². The van der Waals surface area contributed by atoms with E-state index in [1.165, 1.54) is 11.8 Å². The van der Waals surface area contributed by atoms with Crippen LogP contribution in [0.1, 0.15) is 5.56 Å². The van der Waals surface area contributed by atoms with Crippen LogP contribution in [-0.2, 0) is 11.8 Å². The number of benzene rings is 2. The first kappa shape index (κ1) is 17.0. The lowest BCUT2D eigenvalue weighted by atomic mass is 10.2. The van der Waals surface area contributed by atoms with Gasteiger partial charge in [0.25, 0.3) is 0 Å². The molecule has 0 fully saturated rings. The number of nitrogen functional groups attached to an aromatic ring is 1. The zero-order chi connectivity index (χ0) is 17.8. The molecule has 25 heavy (non-hydrogen) atoms. The molecule has 1 aromatic heterocycles. The number of thioether (sulfide) groups is 1. The summed E-state index contributed by atoms with van der Waals surface area (Å²) < 4.78 is 1.87. The van der Waals surface area contributed by atoms with Gasteiger partial charge in [0.15, 0.2) is 11.0 Å². The van der Waals surface area contributed by atoms with Crippen molar-refractivity contribution in [2.45, 2.75) is 12.1 Å². The van der Waals surface area contributed by atoms with Crippen LogP contribution >= 0.6 is 11.8 Å². The highest BCUT2D eigenvalue weighted by Crippen LogP contribution is 2.23. The van der Waals surface area contributed by atoms with Crippen molar-refractivity contribution >= 4 is 29.0 Å². The van der Waals surface area contributed by atoms with Crippen molar-refractivity contribution in [3.8, 4) is 11.4 Å². The summed E-state index contributed by atoms with van der Waals surface area (Å²) in [5, 5.41) is 11.9. The lowest BCUT2D eigenvalue weighted by Gasteiger charge is -2.06. The number of hydrogen-bond acceptors (Lipinski definition) is 5. The van der Waals surface area contributed by atoms with Gasteiger partial charge in [0.2, 0.25) is 5.91 Å². The van der Waals surface area contributed by atoms with Crippen LogP contribution in [0, 0.1) is 6.92 Å². The fourth-order valence-corrected chi connectivity index (χ4v) is 3.00. The van der Waals surface area contributed by atoms with Crippen molar-refractivity contribution in [1.82, 2.24) is 14.8 Å². The summed E-state index contributed by atoms with van der Waals surface area (Å²) in [6.07, 6.45) is 0. The van der Waals surface area contributed by atoms with Crippen molar-refractivity contribution in [2.24, 2.45) is 7.05 Å². The molecule has 7 heteroatoms. The molecule has 0 saturated heterocycles. The van der Waals surface area contributed by atoms with Crippen LogP contribution in [0.3, 0.4) is 0 Å². The minimum atomic E-state index is -0.0779. The van der Waals surface area contributed by atoms with Gasteiger partial charge in [0.1, 0.15) is 0 Å². The molecule has 0 saturated carbocycles. The smallest absolute Gasteiger partial charge is 0.234 e. The van der Waals surface area contributed by atoms with Gasteiger partial charge in [-0.05, 0) is 43.3 Å². The van der Waals surface area contributed by atoms with Crippen molar-refractivity contribution in [1.29, 1.82) is 0 Å². The second kappa shape index (κ2) is 7.40. The van der Waals surface area contributed by atoms with Crippen LogP contribution < -0.4 is 11.1 Å². The Bertz CT molecular complexity index is 871. The molecule has 6 nitrogen and oxygen atoms in total. The lowest BCUT2D eigenvalue weighted by Crippen LogP contribution is -2.14. The van der Waals surface area contributed by atoms with E-state index in [1.54, 1.807) is 0 Å². The molecule has 0 unspecified atom stereocenters. The number of anilines is 2. The third-order valence-electron chi connectivity index (χ3n) is 3.67. The number of aryl methyl sites for hydroxylation is 1. The first-order valence-electron chi connectivity index (χ1n) is 7.77. The van der Waals surface area contributed by atoms with E-state index in [4.69, 9.17) is 5.73 Å². The second-order valence-electron chi connectivity index (χ2n) is 5.69. The normalized spacial score (nSPS) is 10.6. The predicted octanol–water partition coefficient (Wildman–Crippen LogP) is 3.10. The molecule has 128 valence electrons. The quantitative estimate of drug-likeness (QED) is 0.544. The van der Waals surface area contributed by atoms with Gasteiger partial charge in [-0.3, -0.25) is 4.79 Å². The van der Waals surface area contributed by atoms with Crippen molar-refractivity contribution in [3.63, 3.8) is 0 Å². The van der Waals surface area contributed by atoms with E-state index in [-0.39, 0.29) is 11.7 Å². The summed E-state index contributed by atoms with van der Waals surface area (Å²) in [5.41, 5.74) is 9.28. The molecule has 0 aliphatic carbocycles. The summed E-state index contributed by atoms with van der Waals surface area (Å²) in [6.45, 7) is 2.01. The molecule has 0 atom stereocenters. The van der Waals surface area contributed by atoms with Crippen LogP contribution in [-0.4, -0.2) is 26.4 Å². The van der Waals surface area contributed by atoms with E-state index in [2.05, 4.69) is 15.5 Å². The molecule has 0 radical (unpaired) electrons. The Kier molecular flexibility index (Phi) is 5.04. The Morgan fingerprint density at radius 1 is 1.12 bits per heavy atom. The highest BCUT2D eigenvalue weighted by molar-refractivity contribution is 7.99. The average molecular weight is 353 g/mol. The summed E-state index contributed by atoms with van der Waals surface area (Å²) in [7, 11) is 1.88. The maximum Gasteiger partial charge on any atom is 0.234 e. The molecule has 3 N–H and O–H groups in total. The number of carbonyl (C=O) groups excluding carboxylic acids is 1. The maximum absolute atomic E-state index is 12.1. The number of nitrogens with one attached hydrogen (secondary N) is 1. The van der Waals surface area contributed by atoms with E-state index in [0.29, 0.717) is 10.8 Å². The fraction of sp³-hybridized carbons (Fsp3) is 0.167. The molecule has 3 aromatic rings. The Labute approximate surface area is 150 Å². The van der Waals surface area contributed by atoms with Crippen molar-refractivity contribution in [2.75, 3.05) is 16.8 Å². The standard InChI is InChI=1S/C18H19N5OS/c1-12-3-9-15(10-4-12)20-16(24)11-25-18-22-21-17(23(18)2)13-5-7-14(19)8-6-13/h3-10H,11,19H2,1-2H3,(H,20,24). The van der Waals surface area contributed by atoms with Gasteiger partial charge in [-0.2, -0.15) is 0 Å². The molecule has 1 heterocycles. The second-order valence-corrected chi connectivity index (χ2v) is 6.63. The highest BCUT2D eigenvalue weighted by atomic mass is 32.2. The average Bonchev–Trinajstić information content (AvgIpc) is 2.97. The number of nitrogens with two attached hydrogens (primary N) is 1. The monoisotopic (exact) mass is 353 g/mol. The van der Waals surface area contributed by atoms with Gasteiger partial charge >= 0.3 is 0 Å². The molecular formula is C18H19N5OS. The summed E-state index contributed by atoms with van der Waals surface area (Å²) >= 11 is 1.35. The van der Waals surface area contributed by atoms with E-state index >= 15 is 0 Å². The van der Waals surface area contributed by atoms with E-state index in [1.807, 2.05) is 67.1 Å². The topological polar surface area (TPSA) is 85.8 Å². The lowest BCUT2D eigenvalue weighted by molar-refractivity contribution is -0.113. The Hall–Kier alpha value is -2.80. The maximum atomic E-state index is 12.1. The van der Waals surface area contributed by atoms with Crippen molar-refractivity contribution in [3.05, 3.63) is 54.1 Å². The van der Waals surface area contributed by atoms with Gasteiger partial charge in [0.05, 0.1) is 5.75 Å². The number of amides is 1. The van der Waals surface area contributed by atoms with Gasteiger partial charge in [0, 0.05) is 24.0 Å². The van der Waals surface area contributed by atoms with E-state index in [0.717, 1.165) is 22.6 Å². The molecule has 0 aliphatic heterocycles. The van der Waals surface area contributed by atoms with Crippen LogP contribution in [0.15, 0.2) is 53.7 Å². The van der Waals surface area contributed by atoms with E-state index in [9.17, 15) is 4.79 Å². The Morgan fingerprint density at radius 2 is 1.80 bits per heavy atom. The van der Waals surface area contributed by atoms with Crippen LogP contribution in [0.4, 0.5) is 11.4 Å². The summed E-state index contributed by atoms with van der Waals surface area (Å²) in [5.74, 6) is 0.925. The molecule has 1 amide bonds. The Balaban J connectivity index is 1.62. The molecule has 0 bridgehead atoms. The number of aromatic nitrogens is 3. The van der Waals surface area contributed by atoms with Gasteiger partial charge in [-0.25, -0.2) is 0 Å². The molecule has 0 aliphatic rings. The third kappa shape index (κ3) is 4.19. The summed E-state index contributed by atoms with van der Waals surface area (Å²) in [6, 6.07) is 15.2. The Morgan fingerprint density at radius 3 is 2.48 bits per heavy atom. The number of hydrogen-bond donors (Lipinski definition) is 2. The molecular weight excluding hydrogens is 334 g/mol. The van der Waals surface area contributed by atoms with Crippen LogP contribution in [0.2, 0.25) is 0 Å². The number of carbonyl (C=O) groups is 1. The first-order valence-corrected chi connectivity index (χ1v) is 8.76.